The number of nitrogen functional groups attached to an aromatic ring is 1. The highest BCUT2D eigenvalue weighted by atomic mass is 35.5. The van der Waals surface area contributed by atoms with Gasteiger partial charge in [0.2, 0.25) is 0 Å². The van der Waals surface area contributed by atoms with Crippen molar-refractivity contribution in [2.24, 2.45) is 0 Å². The average molecular weight is 292 g/mol. The summed E-state index contributed by atoms with van der Waals surface area (Å²) in [6.45, 7) is 0.121. The van der Waals surface area contributed by atoms with Crippen LogP contribution in [0.1, 0.15) is 21.5 Å². The second kappa shape index (κ2) is 6.41. The number of carbonyl (C=O) groups is 1. The molecule has 0 bridgehead atoms. The first-order valence-corrected chi connectivity index (χ1v) is 6.39. The van der Waals surface area contributed by atoms with Crippen molar-refractivity contribution in [2.75, 3.05) is 5.73 Å². The van der Waals surface area contributed by atoms with Gasteiger partial charge in [0.25, 0.3) is 0 Å². The molecule has 4 nitrogen and oxygen atoms in total. The molecule has 0 unspecified atom stereocenters. The van der Waals surface area contributed by atoms with Crippen molar-refractivity contribution in [1.29, 1.82) is 0 Å². The minimum absolute atomic E-state index is 0.0148. The SMILES string of the molecule is Nc1c(Cl)cccc1C(=O)OCc1ccc(CO)cc1. The van der Waals surface area contributed by atoms with Gasteiger partial charge in [-0.25, -0.2) is 4.79 Å². The van der Waals surface area contributed by atoms with Crippen LogP contribution < -0.4 is 5.73 Å². The van der Waals surface area contributed by atoms with Crippen LogP contribution in [0.15, 0.2) is 42.5 Å². The summed E-state index contributed by atoms with van der Waals surface area (Å²) in [4.78, 5) is 11.9. The van der Waals surface area contributed by atoms with Crippen molar-refractivity contribution in [3.8, 4) is 0 Å². The third-order valence-electron chi connectivity index (χ3n) is 2.85. The van der Waals surface area contributed by atoms with Gasteiger partial charge < -0.3 is 15.6 Å². The number of para-hydroxylation sites is 1. The second-order valence-electron chi connectivity index (χ2n) is 4.25. The van der Waals surface area contributed by atoms with Crippen LogP contribution in [0.4, 0.5) is 5.69 Å². The largest absolute Gasteiger partial charge is 0.457 e. The molecule has 0 amide bonds. The zero-order valence-corrected chi connectivity index (χ0v) is 11.4. The molecule has 0 aliphatic rings. The van der Waals surface area contributed by atoms with E-state index in [4.69, 9.17) is 27.2 Å². The van der Waals surface area contributed by atoms with Crippen molar-refractivity contribution in [3.63, 3.8) is 0 Å². The van der Waals surface area contributed by atoms with Gasteiger partial charge in [0.05, 0.1) is 22.9 Å². The van der Waals surface area contributed by atoms with Gasteiger partial charge in [-0.3, -0.25) is 0 Å². The zero-order valence-electron chi connectivity index (χ0n) is 10.7. The number of aliphatic hydroxyl groups is 1. The van der Waals surface area contributed by atoms with Crippen molar-refractivity contribution in [2.45, 2.75) is 13.2 Å². The molecule has 3 N–H and O–H groups in total. The molecular formula is C15H14ClNO3. The van der Waals surface area contributed by atoms with E-state index in [1.807, 2.05) is 0 Å². The molecule has 0 aromatic heterocycles. The number of halogens is 1. The summed E-state index contributed by atoms with van der Waals surface area (Å²) in [5.41, 5.74) is 7.84. The van der Waals surface area contributed by atoms with Crippen LogP contribution in [0.3, 0.4) is 0 Å². The lowest BCUT2D eigenvalue weighted by molar-refractivity contribution is 0.0474. The molecule has 0 aliphatic carbocycles. The Morgan fingerprint density at radius 3 is 2.45 bits per heavy atom. The molecule has 0 fully saturated rings. The number of esters is 1. The summed E-state index contributed by atoms with van der Waals surface area (Å²) in [5, 5.41) is 9.27. The fraction of sp³-hybridized carbons (Fsp3) is 0.133. The number of aliphatic hydroxyl groups excluding tert-OH is 1. The summed E-state index contributed by atoms with van der Waals surface area (Å²) in [6.07, 6.45) is 0. The Bertz CT molecular complexity index is 611. The number of hydrogen-bond acceptors (Lipinski definition) is 4. The van der Waals surface area contributed by atoms with Gasteiger partial charge in [0.15, 0.2) is 0 Å². The first-order chi connectivity index (χ1) is 9.61. The lowest BCUT2D eigenvalue weighted by atomic mass is 10.1. The van der Waals surface area contributed by atoms with Gasteiger partial charge >= 0.3 is 5.97 Å². The van der Waals surface area contributed by atoms with Crippen LogP contribution >= 0.6 is 11.6 Å². The number of rotatable bonds is 4. The molecule has 0 radical (unpaired) electrons. The third-order valence-corrected chi connectivity index (χ3v) is 3.18. The Morgan fingerprint density at radius 2 is 1.80 bits per heavy atom. The normalized spacial score (nSPS) is 10.3. The number of anilines is 1. The molecular weight excluding hydrogens is 278 g/mol. The quantitative estimate of drug-likeness (QED) is 0.671. The topological polar surface area (TPSA) is 72.6 Å². The molecule has 0 saturated carbocycles. The first-order valence-electron chi connectivity index (χ1n) is 6.01. The van der Waals surface area contributed by atoms with Crippen LogP contribution in [0.2, 0.25) is 5.02 Å². The van der Waals surface area contributed by atoms with Crippen LogP contribution in [0.25, 0.3) is 0 Å². The first kappa shape index (κ1) is 14.4. The number of hydrogen-bond donors (Lipinski definition) is 2. The summed E-state index contributed by atoms with van der Waals surface area (Å²) in [7, 11) is 0. The van der Waals surface area contributed by atoms with Gasteiger partial charge in [-0.1, -0.05) is 41.9 Å². The minimum atomic E-state index is -0.517. The van der Waals surface area contributed by atoms with E-state index in [0.29, 0.717) is 5.02 Å². The van der Waals surface area contributed by atoms with Crippen molar-refractivity contribution in [1.82, 2.24) is 0 Å². The average Bonchev–Trinajstić information content (AvgIpc) is 2.48. The van der Waals surface area contributed by atoms with Gasteiger partial charge in [-0.2, -0.15) is 0 Å². The van der Waals surface area contributed by atoms with Crippen molar-refractivity contribution >= 4 is 23.3 Å². The van der Waals surface area contributed by atoms with E-state index in [0.717, 1.165) is 11.1 Å². The van der Waals surface area contributed by atoms with Crippen LogP contribution in [0, 0.1) is 0 Å². The van der Waals surface area contributed by atoms with E-state index in [2.05, 4.69) is 0 Å². The molecule has 0 heterocycles. The predicted octanol–water partition coefficient (Wildman–Crippen LogP) is 2.77. The fourth-order valence-electron chi connectivity index (χ4n) is 1.68. The number of carbonyl (C=O) groups excluding carboxylic acids is 1. The Balaban J connectivity index is 2.02. The van der Waals surface area contributed by atoms with Crippen molar-refractivity contribution in [3.05, 3.63) is 64.2 Å². The van der Waals surface area contributed by atoms with Gasteiger partial charge in [0.1, 0.15) is 6.61 Å². The van der Waals surface area contributed by atoms with Crippen molar-refractivity contribution < 1.29 is 14.6 Å². The van der Waals surface area contributed by atoms with Crippen LogP contribution in [0.5, 0.6) is 0 Å². The van der Waals surface area contributed by atoms with Gasteiger partial charge in [0, 0.05) is 0 Å². The summed E-state index contributed by atoms with van der Waals surface area (Å²) in [5.74, 6) is -0.517. The zero-order chi connectivity index (χ0) is 14.5. The Labute approximate surface area is 121 Å². The number of ether oxygens (including phenoxy) is 1. The van der Waals surface area contributed by atoms with E-state index in [-0.39, 0.29) is 24.5 Å². The molecule has 0 aliphatic heterocycles. The molecule has 5 heteroatoms. The fourth-order valence-corrected chi connectivity index (χ4v) is 1.86. The maximum atomic E-state index is 11.9. The highest BCUT2D eigenvalue weighted by molar-refractivity contribution is 6.33. The summed E-state index contributed by atoms with van der Waals surface area (Å²) < 4.78 is 5.18. The van der Waals surface area contributed by atoms with E-state index in [1.165, 1.54) is 0 Å². The maximum absolute atomic E-state index is 11.9. The smallest absolute Gasteiger partial charge is 0.340 e. The standard InChI is InChI=1S/C15H14ClNO3/c16-13-3-1-2-12(14(13)17)15(19)20-9-11-6-4-10(8-18)5-7-11/h1-7,18H,8-9,17H2. The lowest BCUT2D eigenvalue weighted by Crippen LogP contribution is -2.08. The molecule has 104 valence electrons. The van der Waals surface area contributed by atoms with E-state index in [9.17, 15) is 4.79 Å². The second-order valence-corrected chi connectivity index (χ2v) is 4.66. The van der Waals surface area contributed by atoms with Crippen LogP contribution in [-0.2, 0) is 18.0 Å². The Kier molecular flexibility index (Phi) is 4.61. The summed E-state index contributed by atoms with van der Waals surface area (Å²) >= 11 is 5.85. The molecule has 0 spiro atoms. The number of benzene rings is 2. The Morgan fingerprint density at radius 1 is 1.15 bits per heavy atom. The summed E-state index contributed by atoms with van der Waals surface area (Å²) in [6, 6.07) is 12.0. The maximum Gasteiger partial charge on any atom is 0.340 e. The van der Waals surface area contributed by atoms with Gasteiger partial charge in [-0.05, 0) is 23.3 Å². The molecule has 2 rings (SSSR count). The monoisotopic (exact) mass is 291 g/mol. The predicted molar refractivity (Wildman–Crippen MR) is 77.3 cm³/mol. The minimum Gasteiger partial charge on any atom is -0.457 e. The van der Waals surface area contributed by atoms with E-state index in [1.54, 1.807) is 42.5 Å². The lowest BCUT2D eigenvalue weighted by Gasteiger charge is -2.08. The molecule has 20 heavy (non-hydrogen) atoms. The third kappa shape index (κ3) is 3.29. The Hall–Kier alpha value is -2.04. The van der Waals surface area contributed by atoms with Gasteiger partial charge in [-0.15, -0.1) is 0 Å². The van der Waals surface area contributed by atoms with Crippen LogP contribution in [-0.4, -0.2) is 11.1 Å². The molecule has 2 aromatic rings. The highest BCUT2D eigenvalue weighted by Crippen LogP contribution is 2.23. The van der Waals surface area contributed by atoms with E-state index >= 15 is 0 Å². The highest BCUT2D eigenvalue weighted by Gasteiger charge is 2.13. The molecule has 0 atom stereocenters. The molecule has 2 aromatic carbocycles. The number of nitrogens with two attached hydrogens (primary N) is 1. The molecule has 0 saturated heterocycles. The van der Waals surface area contributed by atoms with E-state index < -0.39 is 5.97 Å².